The predicted molar refractivity (Wildman–Crippen MR) is 49.5 cm³/mol. The lowest BCUT2D eigenvalue weighted by molar-refractivity contribution is -0.128. The van der Waals surface area contributed by atoms with Gasteiger partial charge in [0.1, 0.15) is 0 Å². The van der Waals surface area contributed by atoms with Crippen LogP contribution in [0.1, 0.15) is 32.6 Å². The number of hydrogen-bond acceptors (Lipinski definition) is 1. The third-order valence-electron chi connectivity index (χ3n) is 2.58. The molecule has 1 rings (SSSR count). The molecule has 1 unspecified atom stereocenters. The molecule has 1 heterocycles. The molecular weight excluding hydrogens is 150 g/mol. The smallest absolute Gasteiger partial charge is 0.226 e. The van der Waals surface area contributed by atoms with Crippen molar-refractivity contribution in [2.45, 2.75) is 32.6 Å². The van der Waals surface area contributed by atoms with Crippen molar-refractivity contribution in [2.75, 3.05) is 6.54 Å². The van der Waals surface area contributed by atoms with E-state index in [9.17, 15) is 4.79 Å². The third-order valence-corrected chi connectivity index (χ3v) is 2.58. The van der Waals surface area contributed by atoms with Gasteiger partial charge in [0.25, 0.3) is 0 Å². The second kappa shape index (κ2) is 4.29. The van der Waals surface area contributed by atoms with E-state index in [1.807, 2.05) is 0 Å². The molecule has 2 nitrogen and oxygen atoms in total. The Labute approximate surface area is 74.2 Å². The number of likely N-dealkylation sites (tertiary alicyclic amines) is 1. The van der Waals surface area contributed by atoms with E-state index in [-0.39, 0.29) is 5.91 Å². The highest BCUT2D eigenvalue weighted by molar-refractivity contribution is 5.77. The average Bonchev–Trinajstić information content (AvgIpc) is 2.27. The van der Waals surface area contributed by atoms with Crippen LogP contribution in [0.5, 0.6) is 0 Å². The summed E-state index contributed by atoms with van der Waals surface area (Å²) in [5.74, 6) is 0.912. The van der Waals surface area contributed by atoms with Gasteiger partial charge in [-0.3, -0.25) is 4.79 Å². The Bertz CT molecular complexity index is 177. The average molecular weight is 167 g/mol. The lowest BCUT2D eigenvalue weighted by atomic mass is 10.0. The fraction of sp³-hybridized carbons (Fsp3) is 0.700. The quantitative estimate of drug-likeness (QED) is 0.617. The van der Waals surface area contributed by atoms with Gasteiger partial charge < -0.3 is 4.90 Å². The monoisotopic (exact) mass is 167 g/mol. The largest absolute Gasteiger partial charge is 0.319 e. The van der Waals surface area contributed by atoms with Crippen molar-refractivity contribution in [3.63, 3.8) is 0 Å². The second-order valence-corrected chi connectivity index (χ2v) is 3.40. The fourth-order valence-corrected chi connectivity index (χ4v) is 1.67. The van der Waals surface area contributed by atoms with Crippen LogP contribution < -0.4 is 0 Å². The van der Waals surface area contributed by atoms with E-state index < -0.39 is 0 Å². The van der Waals surface area contributed by atoms with Crippen LogP contribution in [0, 0.1) is 5.92 Å². The molecule has 1 fully saturated rings. The minimum Gasteiger partial charge on any atom is -0.319 e. The van der Waals surface area contributed by atoms with E-state index >= 15 is 0 Å². The number of carbonyl (C=O) groups is 1. The number of amides is 1. The van der Waals surface area contributed by atoms with E-state index in [0.29, 0.717) is 12.3 Å². The van der Waals surface area contributed by atoms with Gasteiger partial charge in [-0.2, -0.15) is 0 Å². The molecule has 0 aromatic heterocycles. The first-order chi connectivity index (χ1) is 5.77. The van der Waals surface area contributed by atoms with Gasteiger partial charge in [0.2, 0.25) is 5.91 Å². The molecular formula is C10H17NO. The minimum atomic E-state index is 0.237. The molecule has 1 saturated heterocycles. The molecule has 0 aromatic carbocycles. The van der Waals surface area contributed by atoms with Crippen LogP contribution in [0.3, 0.4) is 0 Å². The van der Waals surface area contributed by atoms with Gasteiger partial charge in [-0.15, -0.1) is 0 Å². The van der Waals surface area contributed by atoms with Crippen LogP contribution in [0.4, 0.5) is 0 Å². The Balaban J connectivity index is 2.58. The highest BCUT2D eigenvalue weighted by atomic mass is 16.2. The van der Waals surface area contributed by atoms with Crippen LogP contribution in [0.15, 0.2) is 12.8 Å². The Morgan fingerprint density at radius 1 is 1.75 bits per heavy atom. The van der Waals surface area contributed by atoms with Crippen LogP contribution in [0.2, 0.25) is 0 Å². The molecule has 1 aliphatic heterocycles. The van der Waals surface area contributed by atoms with Gasteiger partial charge in [0, 0.05) is 13.0 Å². The molecule has 2 heteroatoms. The maximum absolute atomic E-state index is 11.4. The Morgan fingerprint density at radius 2 is 2.50 bits per heavy atom. The fourth-order valence-electron chi connectivity index (χ4n) is 1.67. The van der Waals surface area contributed by atoms with Crippen molar-refractivity contribution < 1.29 is 4.79 Å². The number of rotatable bonds is 2. The van der Waals surface area contributed by atoms with Gasteiger partial charge in [-0.25, -0.2) is 0 Å². The van der Waals surface area contributed by atoms with Crippen LogP contribution in [-0.2, 0) is 4.79 Å². The van der Waals surface area contributed by atoms with E-state index in [1.54, 1.807) is 11.1 Å². The highest BCUT2D eigenvalue weighted by Gasteiger charge is 2.19. The van der Waals surface area contributed by atoms with Gasteiger partial charge in [0.05, 0.1) is 0 Å². The second-order valence-electron chi connectivity index (χ2n) is 3.40. The van der Waals surface area contributed by atoms with Crippen LogP contribution >= 0.6 is 0 Å². The molecule has 0 spiro atoms. The maximum Gasteiger partial charge on any atom is 0.226 e. The molecule has 0 saturated carbocycles. The number of hydrogen-bond donors (Lipinski definition) is 0. The predicted octanol–water partition coefficient (Wildman–Crippen LogP) is 2.17. The summed E-state index contributed by atoms with van der Waals surface area (Å²) in [7, 11) is 0. The first-order valence-electron chi connectivity index (χ1n) is 4.70. The molecule has 0 aliphatic carbocycles. The highest BCUT2D eigenvalue weighted by Crippen LogP contribution is 2.19. The van der Waals surface area contributed by atoms with Crippen molar-refractivity contribution in [3.8, 4) is 0 Å². The maximum atomic E-state index is 11.4. The number of nitrogens with zero attached hydrogens (tertiary/aromatic N) is 1. The lowest BCUT2D eigenvalue weighted by Crippen LogP contribution is -2.27. The van der Waals surface area contributed by atoms with E-state index in [0.717, 1.165) is 19.4 Å². The van der Waals surface area contributed by atoms with Gasteiger partial charge in [-0.05, 0) is 25.0 Å². The molecule has 1 atom stereocenters. The van der Waals surface area contributed by atoms with Gasteiger partial charge in [0.15, 0.2) is 0 Å². The molecule has 0 bridgehead atoms. The van der Waals surface area contributed by atoms with Crippen LogP contribution in [0.25, 0.3) is 0 Å². The van der Waals surface area contributed by atoms with E-state index in [2.05, 4.69) is 13.5 Å². The van der Waals surface area contributed by atoms with Crippen molar-refractivity contribution >= 4 is 5.91 Å². The normalized spacial score (nSPS) is 25.2. The Hall–Kier alpha value is -0.790. The van der Waals surface area contributed by atoms with E-state index in [1.165, 1.54) is 6.42 Å². The van der Waals surface area contributed by atoms with Crippen molar-refractivity contribution in [2.24, 2.45) is 5.92 Å². The molecule has 0 radical (unpaired) electrons. The van der Waals surface area contributed by atoms with Crippen molar-refractivity contribution in [3.05, 3.63) is 12.8 Å². The Morgan fingerprint density at radius 3 is 3.08 bits per heavy atom. The molecule has 0 aromatic rings. The molecule has 1 amide bonds. The topological polar surface area (TPSA) is 20.3 Å². The summed E-state index contributed by atoms with van der Waals surface area (Å²) in [4.78, 5) is 13.1. The Kier molecular flexibility index (Phi) is 3.32. The summed E-state index contributed by atoms with van der Waals surface area (Å²) < 4.78 is 0. The van der Waals surface area contributed by atoms with Crippen molar-refractivity contribution in [1.29, 1.82) is 0 Å². The number of carbonyl (C=O) groups excluding carboxylic acids is 1. The van der Waals surface area contributed by atoms with E-state index in [4.69, 9.17) is 0 Å². The molecule has 68 valence electrons. The first-order valence-corrected chi connectivity index (χ1v) is 4.70. The summed E-state index contributed by atoms with van der Waals surface area (Å²) in [6.07, 6.45) is 5.75. The third kappa shape index (κ3) is 2.10. The van der Waals surface area contributed by atoms with Crippen LogP contribution in [-0.4, -0.2) is 17.4 Å². The first kappa shape index (κ1) is 9.30. The van der Waals surface area contributed by atoms with Gasteiger partial charge >= 0.3 is 0 Å². The summed E-state index contributed by atoms with van der Waals surface area (Å²) in [6.45, 7) is 6.71. The zero-order valence-electron chi connectivity index (χ0n) is 7.75. The standard InChI is InChI=1S/C10H17NO/c1-3-9-6-5-7-10(12)11(4-2)8-9/h4,9H,2-3,5-8H2,1H3. The lowest BCUT2D eigenvalue weighted by Gasteiger charge is -2.19. The molecule has 12 heavy (non-hydrogen) atoms. The van der Waals surface area contributed by atoms with Crippen molar-refractivity contribution in [1.82, 2.24) is 4.90 Å². The summed E-state index contributed by atoms with van der Waals surface area (Å²) in [5.41, 5.74) is 0. The SMILES string of the molecule is C=CN1CC(CC)CCCC1=O. The zero-order chi connectivity index (χ0) is 8.97. The van der Waals surface area contributed by atoms with Gasteiger partial charge in [-0.1, -0.05) is 19.9 Å². The summed E-state index contributed by atoms with van der Waals surface area (Å²) in [6, 6.07) is 0. The summed E-state index contributed by atoms with van der Waals surface area (Å²) in [5, 5.41) is 0. The summed E-state index contributed by atoms with van der Waals surface area (Å²) >= 11 is 0. The molecule has 0 N–H and O–H groups in total. The zero-order valence-corrected chi connectivity index (χ0v) is 7.75. The molecule has 1 aliphatic rings. The minimum absolute atomic E-state index is 0.237.